The lowest BCUT2D eigenvalue weighted by Crippen LogP contribution is -2.09. The van der Waals surface area contributed by atoms with Gasteiger partial charge in [-0.1, -0.05) is 17.7 Å². The molecule has 18 heavy (non-hydrogen) atoms. The normalized spacial score (nSPS) is 12.6. The van der Waals surface area contributed by atoms with Gasteiger partial charge in [0, 0.05) is 29.6 Å². The van der Waals surface area contributed by atoms with Crippen molar-refractivity contribution in [2.75, 3.05) is 5.75 Å². The number of benzene rings is 1. The van der Waals surface area contributed by atoms with Gasteiger partial charge in [0.1, 0.15) is 11.9 Å². The second-order valence-corrected chi connectivity index (χ2v) is 5.30. The minimum absolute atomic E-state index is 0.522. The summed E-state index contributed by atoms with van der Waals surface area (Å²) >= 11 is 1.65. The van der Waals surface area contributed by atoms with E-state index in [-0.39, 0.29) is 0 Å². The van der Waals surface area contributed by atoms with Gasteiger partial charge in [-0.25, -0.2) is 4.98 Å². The van der Waals surface area contributed by atoms with Crippen molar-refractivity contribution in [3.05, 3.63) is 48.0 Å². The van der Waals surface area contributed by atoms with Crippen molar-refractivity contribution < 1.29 is 5.11 Å². The van der Waals surface area contributed by atoms with Gasteiger partial charge in [-0.05, 0) is 26.0 Å². The van der Waals surface area contributed by atoms with E-state index in [4.69, 9.17) is 0 Å². The molecule has 2 aromatic rings. The van der Waals surface area contributed by atoms with E-state index < -0.39 is 6.10 Å². The smallest absolute Gasteiger partial charge is 0.138 e. The predicted molar refractivity (Wildman–Crippen MR) is 74.8 cm³/mol. The first-order chi connectivity index (χ1) is 8.70. The van der Waals surface area contributed by atoms with Crippen LogP contribution in [0.1, 0.15) is 24.4 Å². The monoisotopic (exact) mass is 262 g/mol. The van der Waals surface area contributed by atoms with Crippen LogP contribution in [0.2, 0.25) is 0 Å². The Labute approximate surface area is 112 Å². The van der Waals surface area contributed by atoms with E-state index in [0.29, 0.717) is 5.75 Å². The Hall–Kier alpha value is -1.26. The van der Waals surface area contributed by atoms with Crippen molar-refractivity contribution in [1.29, 1.82) is 0 Å². The predicted octanol–water partition coefficient (Wildman–Crippen LogP) is 3.04. The molecule has 0 fully saturated rings. The fraction of sp³-hybridized carbons (Fsp3) is 0.357. The summed E-state index contributed by atoms with van der Waals surface area (Å²) in [7, 11) is 0. The molecule has 1 heterocycles. The fourth-order valence-corrected chi connectivity index (χ4v) is 2.60. The molecule has 0 aliphatic carbocycles. The van der Waals surface area contributed by atoms with Crippen LogP contribution in [0.3, 0.4) is 0 Å². The molecule has 96 valence electrons. The summed E-state index contributed by atoms with van der Waals surface area (Å²) in [5.41, 5.74) is 1.25. The zero-order valence-corrected chi connectivity index (χ0v) is 11.5. The molecule has 1 aromatic carbocycles. The molecule has 1 aromatic heterocycles. The molecule has 0 aliphatic heterocycles. The van der Waals surface area contributed by atoms with Crippen LogP contribution in [0.15, 0.2) is 41.6 Å². The molecule has 0 radical (unpaired) electrons. The molecule has 1 N–H and O–H groups in total. The second-order valence-electron chi connectivity index (χ2n) is 4.21. The number of aryl methyl sites for hydroxylation is 2. The van der Waals surface area contributed by atoms with Crippen LogP contribution < -0.4 is 0 Å². The van der Waals surface area contributed by atoms with Crippen molar-refractivity contribution in [3.63, 3.8) is 0 Å². The molecule has 0 saturated carbocycles. The van der Waals surface area contributed by atoms with E-state index in [1.807, 2.05) is 17.7 Å². The maximum absolute atomic E-state index is 10.1. The highest BCUT2D eigenvalue weighted by atomic mass is 32.2. The number of aromatic nitrogens is 2. The third-order valence-corrected chi connectivity index (χ3v) is 3.90. The first kappa shape index (κ1) is 13.2. The number of imidazole rings is 1. The maximum Gasteiger partial charge on any atom is 0.138 e. The Morgan fingerprint density at radius 3 is 2.72 bits per heavy atom. The molecule has 1 unspecified atom stereocenters. The first-order valence-electron chi connectivity index (χ1n) is 6.09. The Morgan fingerprint density at radius 2 is 2.06 bits per heavy atom. The van der Waals surface area contributed by atoms with Crippen molar-refractivity contribution in [2.45, 2.75) is 31.4 Å². The number of rotatable bonds is 5. The van der Waals surface area contributed by atoms with Crippen molar-refractivity contribution in [1.82, 2.24) is 9.55 Å². The number of aliphatic hydroxyl groups excluding tert-OH is 1. The van der Waals surface area contributed by atoms with E-state index in [9.17, 15) is 5.11 Å². The Kier molecular flexibility index (Phi) is 4.44. The molecule has 1 atom stereocenters. The van der Waals surface area contributed by atoms with Crippen LogP contribution >= 0.6 is 11.8 Å². The first-order valence-corrected chi connectivity index (χ1v) is 7.08. The van der Waals surface area contributed by atoms with E-state index in [1.165, 1.54) is 10.5 Å². The van der Waals surface area contributed by atoms with Gasteiger partial charge in [0.25, 0.3) is 0 Å². The highest BCUT2D eigenvalue weighted by molar-refractivity contribution is 7.99. The van der Waals surface area contributed by atoms with Gasteiger partial charge in [-0.15, -0.1) is 11.8 Å². The van der Waals surface area contributed by atoms with Crippen LogP contribution in [0.4, 0.5) is 0 Å². The SMILES string of the molecule is CCn1ccnc1C(O)CSc1ccc(C)cc1. The molecular weight excluding hydrogens is 244 g/mol. The quantitative estimate of drug-likeness (QED) is 0.842. The molecular formula is C14H18N2OS. The van der Waals surface area contributed by atoms with Crippen molar-refractivity contribution >= 4 is 11.8 Å². The van der Waals surface area contributed by atoms with Gasteiger partial charge < -0.3 is 9.67 Å². The molecule has 0 spiro atoms. The van der Waals surface area contributed by atoms with Gasteiger partial charge in [-0.2, -0.15) is 0 Å². The van der Waals surface area contributed by atoms with Gasteiger partial charge in [0.2, 0.25) is 0 Å². The molecule has 0 amide bonds. The lowest BCUT2D eigenvalue weighted by atomic mass is 10.2. The summed E-state index contributed by atoms with van der Waals surface area (Å²) in [6.07, 6.45) is 3.11. The van der Waals surface area contributed by atoms with Crippen LogP contribution in [-0.4, -0.2) is 20.4 Å². The average Bonchev–Trinajstić information content (AvgIpc) is 2.86. The summed E-state index contributed by atoms with van der Waals surface area (Å²) in [6, 6.07) is 8.33. The molecule has 3 nitrogen and oxygen atoms in total. The van der Waals surface area contributed by atoms with Crippen molar-refractivity contribution in [3.8, 4) is 0 Å². The molecule has 2 rings (SSSR count). The zero-order chi connectivity index (χ0) is 13.0. The van der Waals surface area contributed by atoms with Crippen LogP contribution in [0.25, 0.3) is 0 Å². The highest BCUT2D eigenvalue weighted by Crippen LogP contribution is 2.24. The third kappa shape index (κ3) is 3.15. The second kappa shape index (κ2) is 6.07. The topological polar surface area (TPSA) is 38.0 Å². The van der Waals surface area contributed by atoms with E-state index >= 15 is 0 Å². The van der Waals surface area contributed by atoms with Gasteiger partial charge >= 0.3 is 0 Å². The summed E-state index contributed by atoms with van der Waals surface area (Å²) in [5.74, 6) is 1.37. The standard InChI is InChI=1S/C14H18N2OS/c1-3-16-9-8-15-14(16)13(17)10-18-12-6-4-11(2)5-7-12/h4-9,13,17H,3,10H2,1-2H3. The number of aliphatic hydroxyl groups is 1. The fourth-order valence-electron chi connectivity index (χ4n) is 1.77. The molecule has 0 bridgehead atoms. The van der Waals surface area contributed by atoms with E-state index in [1.54, 1.807) is 18.0 Å². The third-order valence-electron chi connectivity index (χ3n) is 2.82. The number of hydrogen-bond donors (Lipinski definition) is 1. The number of nitrogens with zero attached hydrogens (tertiary/aromatic N) is 2. The number of thioether (sulfide) groups is 1. The molecule has 0 aliphatic rings. The van der Waals surface area contributed by atoms with Gasteiger partial charge in [0.15, 0.2) is 0 Å². The van der Waals surface area contributed by atoms with Gasteiger partial charge in [0.05, 0.1) is 0 Å². The summed E-state index contributed by atoms with van der Waals surface area (Å²) in [6.45, 7) is 4.95. The minimum atomic E-state index is -0.522. The Bertz CT molecular complexity index is 493. The van der Waals surface area contributed by atoms with E-state index in [2.05, 4.69) is 36.2 Å². The largest absolute Gasteiger partial charge is 0.384 e. The number of hydrogen-bond acceptors (Lipinski definition) is 3. The van der Waals surface area contributed by atoms with Gasteiger partial charge in [-0.3, -0.25) is 0 Å². The van der Waals surface area contributed by atoms with Crippen LogP contribution in [-0.2, 0) is 6.54 Å². The maximum atomic E-state index is 10.1. The Balaban J connectivity index is 1.96. The average molecular weight is 262 g/mol. The van der Waals surface area contributed by atoms with Crippen LogP contribution in [0.5, 0.6) is 0 Å². The summed E-state index contributed by atoms with van der Waals surface area (Å²) < 4.78 is 1.97. The molecule has 0 saturated heterocycles. The van der Waals surface area contributed by atoms with Crippen LogP contribution in [0, 0.1) is 6.92 Å². The lowest BCUT2D eigenvalue weighted by molar-refractivity contribution is 0.189. The summed E-state index contributed by atoms with van der Waals surface area (Å²) in [4.78, 5) is 5.39. The Morgan fingerprint density at radius 1 is 1.33 bits per heavy atom. The lowest BCUT2D eigenvalue weighted by Gasteiger charge is -2.11. The highest BCUT2D eigenvalue weighted by Gasteiger charge is 2.13. The minimum Gasteiger partial charge on any atom is -0.384 e. The molecule has 4 heteroatoms. The van der Waals surface area contributed by atoms with E-state index in [0.717, 1.165) is 12.4 Å². The van der Waals surface area contributed by atoms with Crippen molar-refractivity contribution in [2.24, 2.45) is 0 Å². The zero-order valence-electron chi connectivity index (χ0n) is 10.7. The summed E-state index contributed by atoms with van der Waals surface area (Å²) in [5, 5.41) is 10.1.